The SMILES string of the molecule is CCCCCCCCN(C(=O)CNC(=O)OC(C)(C)C)C(C(=O)NCCCCC)c1cccc(C)c1. The highest BCUT2D eigenvalue weighted by Crippen LogP contribution is 2.24. The molecule has 1 rings (SSSR count). The molecular weight excluding hydrogens is 454 g/mol. The van der Waals surface area contributed by atoms with Crippen LogP contribution in [0.4, 0.5) is 4.79 Å². The van der Waals surface area contributed by atoms with Crippen molar-refractivity contribution in [1.29, 1.82) is 0 Å². The van der Waals surface area contributed by atoms with Gasteiger partial charge in [0.15, 0.2) is 0 Å². The van der Waals surface area contributed by atoms with Gasteiger partial charge in [-0.05, 0) is 46.1 Å². The number of ether oxygens (including phenoxy) is 1. The highest BCUT2D eigenvalue weighted by molar-refractivity contribution is 5.90. The van der Waals surface area contributed by atoms with Gasteiger partial charge in [-0.2, -0.15) is 0 Å². The van der Waals surface area contributed by atoms with Crippen molar-refractivity contribution < 1.29 is 19.1 Å². The molecule has 3 amide bonds. The first-order valence-corrected chi connectivity index (χ1v) is 13.7. The van der Waals surface area contributed by atoms with E-state index < -0.39 is 17.7 Å². The lowest BCUT2D eigenvalue weighted by molar-refractivity contribution is -0.140. The van der Waals surface area contributed by atoms with E-state index >= 15 is 0 Å². The predicted octanol–water partition coefficient (Wildman–Crippen LogP) is 6.06. The normalized spacial score (nSPS) is 12.1. The van der Waals surface area contributed by atoms with Gasteiger partial charge >= 0.3 is 6.09 Å². The van der Waals surface area contributed by atoms with Crippen molar-refractivity contribution in [3.05, 3.63) is 35.4 Å². The van der Waals surface area contributed by atoms with Gasteiger partial charge in [0.05, 0.1) is 0 Å². The van der Waals surface area contributed by atoms with Crippen LogP contribution in [-0.4, -0.2) is 48.0 Å². The zero-order chi connectivity index (χ0) is 27.0. The fraction of sp³-hybridized carbons (Fsp3) is 0.690. The lowest BCUT2D eigenvalue weighted by Gasteiger charge is -2.32. The van der Waals surface area contributed by atoms with Gasteiger partial charge in [0.1, 0.15) is 18.2 Å². The summed E-state index contributed by atoms with van der Waals surface area (Å²) in [5.41, 5.74) is 1.14. The Balaban J connectivity index is 3.09. The second-order valence-corrected chi connectivity index (χ2v) is 10.5. The van der Waals surface area contributed by atoms with Gasteiger partial charge < -0.3 is 20.3 Å². The van der Waals surface area contributed by atoms with Crippen LogP contribution < -0.4 is 10.6 Å². The molecule has 0 aromatic heterocycles. The molecule has 0 bridgehead atoms. The van der Waals surface area contributed by atoms with E-state index in [4.69, 9.17) is 4.74 Å². The first-order valence-electron chi connectivity index (χ1n) is 13.7. The van der Waals surface area contributed by atoms with Crippen LogP contribution in [0.1, 0.15) is 110 Å². The molecule has 1 aromatic rings. The molecule has 0 aliphatic carbocycles. The third kappa shape index (κ3) is 12.9. The summed E-state index contributed by atoms with van der Waals surface area (Å²) in [4.78, 5) is 40.7. The van der Waals surface area contributed by atoms with E-state index in [9.17, 15) is 14.4 Å². The molecule has 0 saturated carbocycles. The second-order valence-electron chi connectivity index (χ2n) is 10.5. The molecule has 7 heteroatoms. The molecule has 36 heavy (non-hydrogen) atoms. The Morgan fingerprint density at radius 1 is 0.917 bits per heavy atom. The van der Waals surface area contributed by atoms with Gasteiger partial charge in [-0.1, -0.05) is 88.6 Å². The highest BCUT2D eigenvalue weighted by atomic mass is 16.6. The summed E-state index contributed by atoms with van der Waals surface area (Å²) < 4.78 is 5.29. The van der Waals surface area contributed by atoms with Crippen molar-refractivity contribution in [3.63, 3.8) is 0 Å². The number of alkyl carbamates (subject to hydrolysis) is 1. The van der Waals surface area contributed by atoms with Crippen molar-refractivity contribution in [3.8, 4) is 0 Å². The maximum atomic E-state index is 13.4. The fourth-order valence-electron chi connectivity index (χ4n) is 4.02. The third-order valence-corrected chi connectivity index (χ3v) is 5.85. The molecule has 0 saturated heterocycles. The van der Waals surface area contributed by atoms with Crippen LogP contribution in [0.5, 0.6) is 0 Å². The molecule has 0 aliphatic rings. The lowest BCUT2D eigenvalue weighted by atomic mass is 10.0. The number of benzene rings is 1. The Hall–Kier alpha value is -2.57. The Morgan fingerprint density at radius 3 is 2.19 bits per heavy atom. The average molecular weight is 504 g/mol. The van der Waals surface area contributed by atoms with E-state index in [1.54, 1.807) is 25.7 Å². The van der Waals surface area contributed by atoms with Crippen molar-refractivity contribution >= 4 is 17.9 Å². The molecule has 0 fully saturated rings. The first kappa shape index (κ1) is 31.5. The molecular formula is C29H49N3O4. The fourth-order valence-corrected chi connectivity index (χ4v) is 4.02. The number of carbonyl (C=O) groups excluding carboxylic acids is 3. The molecule has 0 heterocycles. The Morgan fingerprint density at radius 2 is 1.56 bits per heavy atom. The van der Waals surface area contributed by atoms with E-state index in [-0.39, 0.29) is 18.4 Å². The Labute approximate surface area is 218 Å². The minimum Gasteiger partial charge on any atom is -0.444 e. The summed E-state index contributed by atoms with van der Waals surface area (Å²) in [5.74, 6) is -0.488. The summed E-state index contributed by atoms with van der Waals surface area (Å²) in [6.45, 7) is 12.4. The number of hydrogen-bond acceptors (Lipinski definition) is 4. The smallest absolute Gasteiger partial charge is 0.408 e. The number of nitrogens with zero attached hydrogens (tertiary/aromatic N) is 1. The largest absolute Gasteiger partial charge is 0.444 e. The molecule has 2 N–H and O–H groups in total. The summed E-state index contributed by atoms with van der Waals surface area (Å²) >= 11 is 0. The van der Waals surface area contributed by atoms with Crippen LogP contribution in [-0.2, 0) is 14.3 Å². The number of hydrogen-bond donors (Lipinski definition) is 2. The van der Waals surface area contributed by atoms with Gasteiger partial charge in [-0.25, -0.2) is 4.79 Å². The number of carbonyl (C=O) groups is 3. The van der Waals surface area contributed by atoms with Gasteiger partial charge in [-0.15, -0.1) is 0 Å². The monoisotopic (exact) mass is 503 g/mol. The molecule has 1 aromatic carbocycles. The van der Waals surface area contributed by atoms with Gasteiger partial charge in [-0.3, -0.25) is 9.59 Å². The Kier molecular flexibility index (Phi) is 14.8. The lowest BCUT2D eigenvalue weighted by Crippen LogP contribution is -2.48. The van der Waals surface area contributed by atoms with E-state index in [0.29, 0.717) is 13.1 Å². The number of nitrogens with one attached hydrogen (secondary N) is 2. The number of unbranched alkanes of at least 4 members (excludes halogenated alkanes) is 7. The van der Waals surface area contributed by atoms with E-state index in [1.807, 2.05) is 31.2 Å². The summed E-state index contributed by atoms with van der Waals surface area (Å²) in [7, 11) is 0. The van der Waals surface area contributed by atoms with Gasteiger partial charge in [0.2, 0.25) is 11.8 Å². The third-order valence-electron chi connectivity index (χ3n) is 5.85. The van der Waals surface area contributed by atoms with Crippen LogP contribution in [0.15, 0.2) is 24.3 Å². The zero-order valence-corrected chi connectivity index (χ0v) is 23.5. The first-order chi connectivity index (χ1) is 17.1. The maximum absolute atomic E-state index is 13.4. The Bertz CT molecular complexity index is 804. The molecule has 0 spiro atoms. The molecule has 1 unspecified atom stereocenters. The minimum atomic E-state index is -0.755. The molecule has 7 nitrogen and oxygen atoms in total. The second kappa shape index (κ2) is 17.0. The van der Waals surface area contributed by atoms with Crippen molar-refractivity contribution in [2.45, 2.75) is 111 Å². The quantitative estimate of drug-likeness (QED) is 0.269. The minimum absolute atomic E-state index is 0.187. The van der Waals surface area contributed by atoms with Crippen molar-refractivity contribution in [1.82, 2.24) is 15.5 Å². The molecule has 1 atom stereocenters. The van der Waals surface area contributed by atoms with Crippen LogP contribution in [0.25, 0.3) is 0 Å². The molecule has 0 radical (unpaired) electrons. The van der Waals surface area contributed by atoms with Gasteiger partial charge in [0, 0.05) is 13.1 Å². The van der Waals surface area contributed by atoms with Gasteiger partial charge in [0.25, 0.3) is 0 Å². The van der Waals surface area contributed by atoms with Crippen LogP contribution >= 0.6 is 0 Å². The van der Waals surface area contributed by atoms with E-state index in [2.05, 4.69) is 24.5 Å². The van der Waals surface area contributed by atoms with Crippen molar-refractivity contribution in [2.24, 2.45) is 0 Å². The number of rotatable bonds is 16. The maximum Gasteiger partial charge on any atom is 0.408 e. The van der Waals surface area contributed by atoms with E-state index in [0.717, 1.165) is 49.7 Å². The zero-order valence-electron chi connectivity index (χ0n) is 23.5. The summed E-state index contributed by atoms with van der Waals surface area (Å²) in [6, 6.07) is 6.98. The molecule has 204 valence electrons. The van der Waals surface area contributed by atoms with Crippen LogP contribution in [0.3, 0.4) is 0 Å². The van der Waals surface area contributed by atoms with Crippen molar-refractivity contribution in [2.75, 3.05) is 19.6 Å². The number of amides is 3. The summed E-state index contributed by atoms with van der Waals surface area (Å²) in [6.07, 6.45) is 8.79. The molecule has 0 aliphatic heterocycles. The average Bonchev–Trinajstić information content (AvgIpc) is 2.80. The standard InChI is InChI=1S/C29H49N3O4/c1-7-9-11-12-13-15-20-32(25(33)22-31-28(35)36-29(4,5)6)26(24-18-16-17-23(3)21-24)27(34)30-19-14-10-8-2/h16-18,21,26H,7-15,19-20,22H2,1-6H3,(H,30,34)(H,31,35). The predicted molar refractivity (Wildman–Crippen MR) is 146 cm³/mol. The highest BCUT2D eigenvalue weighted by Gasteiger charge is 2.31. The van der Waals surface area contributed by atoms with Crippen LogP contribution in [0.2, 0.25) is 0 Å². The van der Waals surface area contributed by atoms with Crippen LogP contribution in [0, 0.1) is 6.92 Å². The number of aryl methyl sites for hydroxylation is 1. The summed E-state index contributed by atoms with van der Waals surface area (Å²) in [5, 5.41) is 5.61. The topological polar surface area (TPSA) is 87.7 Å². The van der Waals surface area contributed by atoms with E-state index in [1.165, 1.54) is 19.3 Å².